The highest BCUT2D eigenvalue weighted by atomic mass is 32.2. The lowest BCUT2D eigenvalue weighted by Crippen LogP contribution is -2.34. The number of nitrogens with one attached hydrogen (secondary N) is 2. The van der Waals surface area contributed by atoms with Crippen molar-refractivity contribution in [2.45, 2.75) is 20.4 Å². The first-order valence-electron chi connectivity index (χ1n) is 7.58. The topological polar surface area (TPSA) is 44.4 Å². The number of carbonyl (C=O) groups is 1. The summed E-state index contributed by atoms with van der Waals surface area (Å²) < 4.78 is 0. The zero-order valence-electron chi connectivity index (χ0n) is 12.9. The number of benzene rings is 1. The minimum Gasteiger partial charge on any atom is -0.338 e. The van der Waals surface area contributed by atoms with Crippen LogP contribution in [0.3, 0.4) is 0 Å². The van der Waals surface area contributed by atoms with Crippen LogP contribution in [-0.4, -0.2) is 42.1 Å². The van der Waals surface area contributed by atoms with Crippen molar-refractivity contribution in [3.8, 4) is 0 Å². The third-order valence-electron chi connectivity index (χ3n) is 3.43. The summed E-state index contributed by atoms with van der Waals surface area (Å²) in [6.07, 6.45) is 0. The third kappa shape index (κ3) is 5.59. The molecule has 0 radical (unpaired) electrons. The van der Waals surface area contributed by atoms with Crippen LogP contribution in [0, 0.1) is 5.92 Å². The molecule has 1 aliphatic heterocycles. The van der Waals surface area contributed by atoms with Gasteiger partial charge in [0.1, 0.15) is 0 Å². The summed E-state index contributed by atoms with van der Waals surface area (Å²) in [5, 5.41) is 5.87. The molecule has 0 aliphatic carbocycles. The number of carbonyl (C=O) groups excluding carboxylic acids is 1. The van der Waals surface area contributed by atoms with Crippen molar-refractivity contribution in [2.24, 2.45) is 5.92 Å². The number of urea groups is 1. The molecule has 1 heterocycles. The first-order chi connectivity index (χ1) is 10.1. The summed E-state index contributed by atoms with van der Waals surface area (Å²) in [5.74, 6) is 2.85. The van der Waals surface area contributed by atoms with Crippen LogP contribution >= 0.6 is 11.8 Å². The fraction of sp³-hybridized carbons (Fsp3) is 0.562. The zero-order chi connectivity index (χ0) is 15.1. The molecule has 2 amide bonds. The van der Waals surface area contributed by atoms with Crippen molar-refractivity contribution in [1.29, 1.82) is 0 Å². The highest BCUT2D eigenvalue weighted by Crippen LogP contribution is 2.19. The van der Waals surface area contributed by atoms with Gasteiger partial charge in [0, 0.05) is 43.4 Å². The molecule has 1 aliphatic rings. The van der Waals surface area contributed by atoms with Crippen LogP contribution in [0.4, 0.5) is 10.5 Å². The standard InChI is InChI=1S/C16H25N3OS/c1-13(2)11-17-16(20)18-15-6-4-3-5-14(15)12-19-7-9-21-10-8-19/h3-6,13H,7-12H2,1-2H3,(H2,17,18,20). The van der Waals surface area contributed by atoms with E-state index in [1.165, 1.54) is 17.1 Å². The summed E-state index contributed by atoms with van der Waals surface area (Å²) in [5.41, 5.74) is 2.10. The monoisotopic (exact) mass is 307 g/mol. The highest BCUT2D eigenvalue weighted by Gasteiger charge is 2.13. The van der Waals surface area contributed by atoms with E-state index in [2.05, 4.69) is 35.4 Å². The normalized spacial score (nSPS) is 16.0. The van der Waals surface area contributed by atoms with Gasteiger partial charge in [-0.1, -0.05) is 32.0 Å². The van der Waals surface area contributed by atoms with Gasteiger partial charge in [0.2, 0.25) is 0 Å². The molecule has 5 heteroatoms. The van der Waals surface area contributed by atoms with Crippen LogP contribution in [0.1, 0.15) is 19.4 Å². The quantitative estimate of drug-likeness (QED) is 0.879. The van der Waals surface area contributed by atoms with E-state index in [0.717, 1.165) is 25.3 Å². The average Bonchev–Trinajstić information content (AvgIpc) is 2.48. The Morgan fingerprint density at radius 3 is 2.71 bits per heavy atom. The lowest BCUT2D eigenvalue weighted by Gasteiger charge is -2.27. The van der Waals surface area contributed by atoms with Crippen molar-refractivity contribution >= 4 is 23.5 Å². The first kappa shape index (κ1) is 16.2. The van der Waals surface area contributed by atoms with Gasteiger partial charge in [-0.25, -0.2) is 4.79 Å². The number of hydrogen-bond donors (Lipinski definition) is 2. The van der Waals surface area contributed by atoms with Gasteiger partial charge in [-0.2, -0.15) is 11.8 Å². The second-order valence-electron chi connectivity index (χ2n) is 5.77. The van der Waals surface area contributed by atoms with Crippen LogP contribution < -0.4 is 10.6 Å². The maximum absolute atomic E-state index is 11.9. The molecule has 0 saturated carbocycles. The molecule has 0 aromatic heterocycles. The van der Waals surface area contributed by atoms with Gasteiger partial charge in [0.05, 0.1) is 0 Å². The predicted octanol–water partition coefficient (Wildman–Crippen LogP) is 3.01. The molecule has 0 bridgehead atoms. The van der Waals surface area contributed by atoms with Gasteiger partial charge in [0.25, 0.3) is 0 Å². The van der Waals surface area contributed by atoms with Gasteiger partial charge in [0.15, 0.2) is 0 Å². The lowest BCUT2D eigenvalue weighted by atomic mass is 10.1. The summed E-state index contributed by atoms with van der Waals surface area (Å²) in [4.78, 5) is 14.4. The molecular weight excluding hydrogens is 282 g/mol. The zero-order valence-corrected chi connectivity index (χ0v) is 13.7. The molecule has 116 valence electrons. The van der Waals surface area contributed by atoms with Crippen LogP contribution in [0.25, 0.3) is 0 Å². The molecule has 1 aromatic rings. The summed E-state index contributed by atoms with van der Waals surface area (Å²) in [7, 11) is 0. The Morgan fingerprint density at radius 1 is 1.29 bits per heavy atom. The Kier molecular flexibility index (Phi) is 6.39. The Morgan fingerprint density at radius 2 is 2.00 bits per heavy atom. The summed E-state index contributed by atoms with van der Waals surface area (Å²) in [6, 6.07) is 7.95. The van der Waals surface area contributed by atoms with E-state index in [1.54, 1.807) is 0 Å². The predicted molar refractivity (Wildman–Crippen MR) is 90.9 cm³/mol. The van der Waals surface area contributed by atoms with Crippen LogP contribution in [0.5, 0.6) is 0 Å². The Bertz CT molecular complexity index is 459. The largest absolute Gasteiger partial charge is 0.338 e. The molecule has 2 N–H and O–H groups in total. The average molecular weight is 307 g/mol. The fourth-order valence-corrected chi connectivity index (χ4v) is 3.22. The number of anilines is 1. The van der Waals surface area contributed by atoms with E-state index in [9.17, 15) is 4.79 Å². The van der Waals surface area contributed by atoms with Crippen molar-refractivity contribution in [1.82, 2.24) is 10.2 Å². The van der Waals surface area contributed by atoms with E-state index in [-0.39, 0.29) is 6.03 Å². The molecule has 1 aromatic carbocycles. The van der Waals surface area contributed by atoms with Crippen molar-refractivity contribution in [2.75, 3.05) is 36.5 Å². The molecule has 0 unspecified atom stereocenters. The Balaban J connectivity index is 1.94. The van der Waals surface area contributed by atoms with Gasteiger partial charge in [-0.15, -0.1) is 0 Å². The molecule has 0 atom stereocenters. The maximum atomic E-state index is 11.9. The van der Waals surface area contributed by atoms with Crippen LogP contribution in [0.2, 0.25) is 0 Å². The molecule has 4 nitrogen and oxygen atoms in total. The maximum Gasteiger partial charge on any atom is 0.319 e. The number of amides is 2. The first-order valence-corrected chi connectivity index (χ1v) is 8.73. The fourth-order valence-electron chi connectivity index (χ4n) is 2.24. The molecule has 21 heavy (non-hydrogen) atoms. The van der Waals surface area contributed by atoms with E-state index >= 15 is 0 Å². The van der Waals surface area contributed by atoms with Crippen molar-refractivity contribution < 1.29 is 4.79 Å². The highest BCUT2D eigenvalue weighted by molar-refractivity contribution is 7.99. The second-order valence-corrected chi connectivity index (χ2v) is 7.00. The molecule has 1 fully saturated rings. The van der Waals surface area contributed by atoms with E-state index in [1.807, 2.05) is 30.0 Å². The second kappa shape index (κ2) is 8.29. The molecule has 2 rings (SSSR count). The van der Waals surface area contributed by atoms with Crippen molar-refractivity contribution in [3.63, 3.8) is 0 Å². The summed E-state index contributed by atoms with van der Waals surface area (Å²) >= 11 is 2.01. The Labute approximate surface area is 131 Å². The summed E-state index contributed by atoms with van der Waals surface area (Å²) in [6.45, 7) is 8.01. The van der Waals surface area contributed by atoms with E-state index in [4.69, 9.17) is 0 Å². The minimum absolute atomic E-state index is 0.120. The van der Waals surface area contributed by atoms with Gasteiger partial charge in [-0.3, -0.25) is 4.90 Å². The van der Waals surface area contributed by atoms with E-state index < -0.39 is 0 Å². The number of rotatable bonds is 5. The van der Waals surface area contributed by atoms with E-state index in [0.29, 0.717) is 12.5 Å². The smallest absolute Gasteiger partial charge is 0.319 e. The molecule has 0 spiro atoms. The van der Waals surface area contributed by atoms with Crippen LogP contribution in [-0.2, 0) is 6.54 Å². The van der Waals surface area contributed by atoms with Gasteiger partial charge in [-0.05, 0) is 17.5 Å². The third-order valence-corrected chi connectivity index (χ3v) is 4.38. The van der Waals surface area contributed by atoms with Gasteiger partial charge >= 0.3 is 6.03 Å². The SMILES string of the molecule is CC(C)CNC(=O)Nc1ccccc1CN1CCSCC1. The molecular formula is C16H25N3OS. The Hall–Kier alpha value is -1.20. The van der Waals surface area contributed by atoms with Crippen molar-refractivity contribution in [3.05, 3.63) is 29.8 Å². The lowest BCUT2D eigenvalue weighted by molar-refractivity contribution is 0.250. The minimum atomic E-state index is -0.120. The number of nitrogens with zero attached hydrogens (tertiary/aromatic N) is 1. The molecule has 1 saturated heterocycles. The van der Waals surface area contributed by atoms with Crippen LogP contribution in [0.15, 0.2) is 24.3 Å². The number of para-hydroxylation sites is 1. The number of hydrogen-bond acceptors (Lipinski definition) is 3. The van der Waals surface area contributed by atoms with Gasteiger partial charge < -0.3 is 10.6 Å². The number of thioether (sulfide) groups is 1.